The maximum Gasteiger partial charge on any atom is 0.188 e. The number of nitrogens with two attached hydrogens (primary N) is 1. The lowest BCUT2D eigenvalue weighted by Crippen LogP contribution is -2.41. The fraction of sp³-hybridized carbons (Fsp3) is 0.933. The molecule has 2 rings (SSSR count). The summed E-state index contributed by atoms with van der Waals surface area (Å²) < 4.78 is 10.9. The second kappa shape index (κ2) is 8.47. The summed E-state index contributed by atoms with van der Waals surface area (Å²) in [5.41, 5.74) is 6.03. The van der Waals surface area contributed by atoms with E-state index in [-0.39, 0.29) is 6.10 Å². The largest absolute Gasteiger partial charge is 0.379 e. The summed E-state index contributed by atoms with van der Waals surface area (Å²) in [5, 5.41) is 3.39. The van der Waals surface area contributed by atoms with Gasteiger partial charge in [0, 0.05) is 32.2 Å². The summed E-state index contributed by atoms with van der Waals surface area (Å²) in [6, 6.07) is 0.508. The van der Waals surface area contributed by atoms with Gasteiger partial charge in [0.05, 0.1) is 12.7 Å². The topological polar surface area (TPSA) is 68.9 Å². The molecule has 1 saturated carbocycles. The molecule has 0 radical (unpaired) electrons. The molecule has 2 fully saturated rings. The van der Waals surface area contributed by atoms with E-state index in [2.05, 4.69) is 10.3 Å². The van der Waals surface area contributed by atoms with E-state index < -0.39 is 0 Å². The quantitative estimate of drug-likeness (QED) is 0.468. The second-order valence-corrected chi connectivity index (χ2v) is 5.96. The smallest absolute Gasteiger partial charge is 0.188 e. The van der Waals surface area contributed by atoms with Gasteiger partial charge in [-0.3, -0.25) is 4.99 Å². The first kappa shape index (κ1) is 15.6. The Hall–Kier alpha value is -0.810. The van der Waals surface area contributed by atoms with E-state index in [9.17, 15) is 0 Å². The van der Waals surface area contributed by atoms with Crippen LogP contribution in [0.3, 0.4) is 0 Å². The standard InChI is InChI=1S/C15H29N3O2/c1-19-14-11-20-9-8-12(14)10-17-15(16)18-13-6-4-2-3-5-7-13/h12-14H,2-11H2,1H3,(H3,16,17,18). The normalized spacial score (nSPS) is 29.9. The summed E-state index contributed by atoms with van der Waals surface area (Å²) in [5.74, 6) is 1.02. The van der Waals surface area contributed by atoms with Crippen molar-refractivity contribution in [3.63, 3.8) is 0 Å². The van der Waals surface area contributed by atoms with Crippen LogP contribution in [0.4, 0.5) is 0 Å². The maximum atomic E-state index is 6.03. The van der Waals surface area contributed by atoms with Crippen molar-refractivity contribution in [2.45, 2.75) is 57.1 Å². The SMILES string of the molecule is COC1COCCC1CN=C(N)NC1CCCCCC1. The molecule has 1 aliphatic heterocycles. The van der Waals surface area contributed by atoms with Gasteiger partial charge in [-0.15, -0.1) is 0 Å². The zero-order valence-corrected chi connectivity index (χ0v) is 12.6. The average Bonchev–Trinajstić information content (AvgIpc) is 2.74. The fourth-order valence-corrected chi connectivity index (χ4v) is 3.12. The molecule has 0 aromatic heterocycles. The third-order valence-electron chi connectivity index (χ3n) is 4.45. The monoisotopic (exact) mass is 283 g/mol. The van der Waals surface area contributed by atoms with E-state index in [1.165, 1.54) is 38.5 Å². The average molecular weight is 283 g/mol. The zero-order valence-electron chi connectivity index (χ0n) is 12.6. The van der Waals surface area contributed by atoms with Crippen molar-refractivity contribution < 1.29 is 9.47 Å². The Bertz CT molecular complexity index is 301. The van der Waals surface area contributed by atoms with Gasteiger partial charge in [-0.25, -0.2) is 0 Å². The number of hydrogen-bond acceptors (Lipinski definition) is 3. The lowest BCUT2D eigenvalue weighted by atomic mass is 9.97. The minimum atomic E-state index is 0.151. The first-order chi connectivity index (χ1) is 9.79. The summed E-state index contributed by atoms with van der Waals surface area (Å²) in [7, 11) is 1.74. The third kappa shape index (κ3) is 4.94. The van der Waals surface area contributed by atoms with Gasteiger partial charge in [-0.1, -0.05) is 25.7 Å². The number of guanidine groups is 1. The van der Waals surface area contributed by atoms with Gasteiger partial charge < -0.3 is 20.5 Å². The number of aliphatic imine (C=N–C) groups is 1. The van der Waals surface area contributed by atoms with E-state index in [4.69, 9.17) is 15.2 Å². The number of rotatable bonds is 4. The highest BCUT2D eigenvalue weighted by molar-refractivity contribution is 5.78. The van der Waals surface area contributed by atoms with Crippen molar-refractivity contribution in [1.82, 2.24) is 5.32 Å². The zero-order chi connectivity index (χ0) is 14.2. The van der Waals surface area contributed by atoms with E-state index in [1.54, 1.807) is 7.11 Å². The van der Waals surface area contributed by atoms with Crippen LogP contribution in [0, 0.1) is 5.92 Å². The highest BCUT2D eigenvalue weighted by atomic mass is 16.5. The number of methoxy groups -OCH3 is 1. The van der Waals surface area contributed by atoms with Crippen LogP contribution >= 0.6 is 0 Å². The first-order valence-electron chi connectivity index (χ1n) is 7.96. The van der Waals surface area contributed by atoms with Crippen molar-refractivity contribution in [2.75, 3.05) is 26.9 Å². The molecule has 20 heavy (non-hydrogen) atoms. The van der Waals surface area contributed by atoms with Crippen molar-refractivity contribution in [2.24, 2.45) is 16.6 Å². The van der Waals surface area contributed by atoms with Crippen LogP contribution in [0.1, 0.15) is 44.9 Å². The molecule has 5 nitrogen and oxygen atoms in total. The molecule has 2 unspecified atom stereocenters. The summed E-state index contributed by atoms with van der Waals surface area (Å²) in [6.07, 6.45) is 8.90. The molecule has 1 aliphatic carbocycles. The Morgan fingerprint density at radius 3 is 2.70 bits per heavy atom. The van der Waals surface area contributed by atoms with Crippen LogP contribution in [0.2, 0.25) is 0 Å². The lowest BCUT2D eigenvalue weighted by Gasteiger charge is -2.29. The number of nitrogens with one attached hydrogen (secondary N) is 1. The molecule has 1 heterocycles. The minimum absolute atomic E-state index is 0.151. The molecule has 0 aromatic carbocycles. The molecular formula is C15H29N3O2. The Morgan fingerprint density at radius 1 is 1.25 bits per heavy atom. The van der Waals surface area contributed by atoms with Gasteiger partial charge in [-0.05, 0) is 19.3 Å². The summed E-state index contributed by atoms with van der Waals surface area (Å²) in [6.45, 7) is 2.20. The van der Waals surface area contributed by atoms with Crippen LogP contribution in [0.15, 0.2) is 4.99 Å². The van der Waals surface area contributed by atoms with Gasteiger partial charge in [0.2, 0.25) is 0 Å². The van der Waals surface area contributed by atoms with Gasteiger partial charge in [0.25, 0.3) is 0 Å². The molecule has 0 spiro atoms. The molecule has 1 saturated heterocycles. The molecule has 5 heteroatoms. The van der Waals surface area contributed by atoms with Gasteiger partial charge >= 0.3 is 0 Å². The highest BCUT2D eigenvalue weighted by Crippen LogP contribution is 2.19. The molecular weight excluding hydrogens is 254 g/mol. The first-order valence-corrected chi connectivity index (χ1v) is 7.96. The number of ether oxygens (including phenoxy) is 2. The van der Waals surface area contributed by atoms with Crippen molar-refractivity contribution in [1.29, 1.82) is 0 Å². The molecule has 0 aromatic rings. The molecule has 3 N–H and O–H groups in total. The van der Waals surface area contributed by atoms with Crippen molar-refractivity contribution in [3.8, 4) is 0 Å². The summed E-state index contributed by atoms with van der Waals surface area (Å²) in [4.78, 5) is 4.52. The van der Waals surface area contributed by atoms with Crippen LogP contribution in [-0.2, 0) is 9.47 Å². The number of nitrogens with zero attached hydrogens (tertiary/aromatic N) is 1. The van der Waals surface area contributed by atoms with Crippen LogP contribution in [0.25, 0.3) is 0 Å². The van der Waals surface area contributed by atoms with E-state index in [0.717, 1.165) is 19.6 Å². The fourth-order valence-electron chi connectivity index (χ4n) is 3.12. The van der Waals surface area contributed by atoms with Crippen molar-refractivity contribution in [3.05, 3.63) is 0 Å². The molecule has 0 bridgehead atoms. The Morgan fingerprint density at radius 2 is 2.00 bits per heavy atom. The summed E-state index contributed by atoms with van der Waals surface area (Å²) >= 11 is 0. The Balaban J connectivity index is 1.77. The molecule has 0 amide bonds. The minimum Gasteiger partial charge on any atom is -0.379 e. The second-order valence-electron chi connectivity index (χ2n) is 5.96. The highest BCUT2D eigenvalue weighted by Gasteiger charge is 2.25. The van der Waals surface area contributed by atoms with Crippen LogP contribution < -0.4 is 11.1 Å². The van der Waals surface area contributed by atoms with E-state index in [1.807, 2.05) is 0 Å². The molecule has 2 aliphatic rings. The Kier molecular flexibility index (Phi) is 6.60. The van der Waals surface area contributed by atoms with Gasteiger partial charge in [0.1, 0.15) is 0 Å². The lowest BCUT2D eigenvalue weighted by molar-refractivity contribution is -0.0624. The predicted octanol–water partition coefficient (Wildman–Crippen LogP) is 1.67. The molecule has 2 atom stereocenters. The molecule has 116 valence electrons. The van der Waals surface area contributed by atoms with Crippen LogP contribution in [0.5, 0.6) is 0 Å². The van der Waals surface area contributed by atoms with Gasteiger partial charge in [0.15, 0.2) is 5.96 Å². The third-order valence-corrected chi connectivity index (χ3v) is 4.45. The van der Waals surface area contributed by atoms with Crippen molar-refractivity contribution >= 4 is 5.96 Å². The van der Waals surface area contributed by atoms with Gasteiger partial charge in [-0.2, -0.15) is 0 Å². The van der Waals surface area contributed by atoms with E-state index >= 15 is 0 Å². The number of hydrogen-bond donors (Lipinski definition) is 2. The Labute approximate surface area is 122 Å². The van der Waals surface area contributed by atoms with E-state index in [0.29, 0.717) is 24.5 Å². The maximum absolute atomic E-state index is 6.03. The predicted molar refractivity (Wildman–Crippen MR) is 80.8 cm³/mol. The van der Waals surface area contributed by atoms with Crippen LogP contribution in [-0.4, -0.2) is 45.0 Å².